The summed E-state index contributed by atoms with van der Waals surface area (Å²) in [5.74, 6) is -0.0206. The number of benzene rings is 3. The van der Waals surface area contributed by atoms with Gasteiger partial charge in [0.15, 0.2) is 0 Å². The molecule has 0 heterocycles. The first-order valence-electron chi connectivity index (χ1n) is 9.95. The molecule has 0 bridgehead atoms. The number of aryl methyl sites for hydroxylation is 1. The van der Waals surface area contributed by atoms with Crippen molar-refractivity contribution < 1.29 is 17.9 Å². The molecule has 0 saturated carbocycles. The van der Waals surface area contributed by atoms with Gasteiger partial charge in [0.25, 0.3) is 10.0 Å². The monoisotopic (exact) mass is 438 g/mol. The zero-order valence-electron chi connectivity index (χ0n) is 17.6. The third-order valence-electron chi connectivity index (χ3n) is 4.83. The van der Waals surface area contributed by atoms with Gasteiger partial charge in [-0.15, -0.1) is 0 Å². The predicted octanol–water partition coefficient (Wildman–Crippen LogP) is 3.56. The smallest absolute Gasteiger partial charge is 0.264 e. The highest BCUT2D eigenvalue weighted by Crippen LogP contribution is 2.32. The first kappa shape index (κ1) is 22.4. The number of hydrogen-bond acceptors (Lipinski definition) is 4. The molecule has 0 aliphatic rings. The molecule has 162 valence electrons. The van der Waals surface area contributed by atoms with Crippen LogP contribution >= 0.6 is 0 Å². The number of sulfonamides is 1. The van der Waals surface area contributed by atoms with Gasteiger partial charge in [-0.25, -0.2) is 8.42 Å². The van der Waals surface area contributed by atoms with Crippen LogP contribution in [0.1, 0.15) is 11.1 Å². The number of para-hydroxylation sites is 2. The molecule has 3 rings (SSSR count). The van der Waals surface area contributed by atoms with Crippen LogP contribution in [0.25, 0.3) is 0 Å². The van der Waals surface area contributed by atoms with E-state index in [-0.39, 0.29) is 11.4 Å². The zero-order chi connectivity index (χ0) is 22.3. The quantitative estimate of drug-likeness (QED) is 0.554. The zero-order valence-corrected chi connectivity index (χ0v) is 18.4. The van der Waals surface area contributed by atoms with Crippen LogP contribution in [0.4, 0.5) is 5.69 Å². The molecule has 0 saturated heterocycles. The summed E-state index contributed by atoms with van der Waals surface area (Å²) < 4.78 is 33.3. The molecule has 31 heavy (non-hydrogen) atoms. The topological polar surface area (TPSA) is 75.7 Å². The van der Waals surface area contributed by atoms with Gasteiger partial charge >= 0.3 is 0 Å². The Morgan fingerprint density at radius 3 is 2.26 bits per heavy atom. The van der Waals surface area contributed by atoms with Gasteiger partial charge in [0.2, 0.25) is 5.91 Å². The van der Waals surface area contributed by atoms with Gasteiger partial charge in [0.1, 0.15) is 12.3 Å². The van der Waals surface area contributed by atoms with Gasteiger partial charge in [0.05, 0.1) is 17.7 Å². The van der Waals surface area contributed by atoms with Crippen molar-refractivity contribution in [2.24, 2.45) is 0 Å². The summed E-state index contributed by atoms with van der Waals surface area (Å²) in [6, 6.07) is 23.1. The van der Waals surface area contributed by atoms with Gasteiger partial charge < -0.3 is 10.1 Å². The Morgan fingerprint density at radius 2 is 1.58 bits per heavy atom. The molecule has 0 spiro atoms. The summed E-state index contributed by atoms with van der Waals surface area (Å²) in [5.41, 5.74) is 2.35. The van der Waals surface area contributed by atoms with Gasteiger partial charge in [-0.2, -0.15) is 0 Å². The second-order valence-corrected chi connectivity index (χ2v) is 8.94. The molecule has 3 aromatic carbocycles. The van der Waals surface area contributed by atoms with E-state index in [2.05, 4.69) is 5.32 Å². The minimum atomic E-state index is -3.98. The van der Waals surface area contributed by atoms with E-state index in [9.17, 15) is 13.2 Å². The number of nitrogens with one attached hydrogen (secondary N) is 1. The Labute approximate surface area is 183 Å². The summed E-state index contributed by atoms with van der Waals surface area (Å²) in [6.45, 7) is 1.94. The number of anilines is 1. The van der Waals surface area contributed by atoms with E-state index < -0.39 is 15.9 Å². The Bertz CT molecular complexity index is 1110. The molecule has 0 aliphatic carbocycles. The Morgan fingerprint density at radius 1 is 0.935 bits per heavy atom. The second-order valence-electron chi connectivity index (χ2n) is 7.08. The molecule has 3 aromatic rings. The average Bonchev–Trinajstić information content (AvgIpc) is 2.78. The Balaban J connectivity index is 1.84. The molecule has 0 atom stereocenters. The van der Waals surface area contributed by atoms with Gasteiger partial charge in [-0.05, 0) is 43.2 Å². The average molecular weight is 439 g/mol. The lowest BCUT2D eigenvalue weighted by Gasteiger charge is -2.25. The highest BCUT2D eigenvalue weighted by molar-refractivity contribution is 7.92. The highest BCUT2D eigenvalue weighted by atomic mass is 32.2. The molecule has 0 aromatic heterocycles. The second kappa shape index (κ2) is 10.1. The van der Waals surface area contributed by atoms with Crippen LogP contribution in [0.15, 0.2) is 83.8 Å². The number of ether oxygens (including phenoxy) is 1. The van der Waals surface area contributed by atoms with E-state index in [0.717, 1.165) is 15.4 Å². The van der Waals surface area contributed by atoms with Crippen molar-refractivity contribution in [3.8, 4) is 5.75 Å². The molecule has 1 amide bonds. The van der Waals surface area contributed by atoms with E-state index in [4.69, 9.17) is 4.74 Å². The van der Waals surface area contributed by atoms with Crippen molar-refractivity contribution in [2.45, 2.75) is 18.2 Å². The number of amides is 1. The number of carbonyl (C=O) groups excluding carboxylic acids is 1. The number of methoxy groups -OCH3 is 1. The molecule has 1 N–H and O–H groups in total. The fourth-order valence-electron chi connectivity index (χ4n) is 3.15. The lowest BCUT2D eigenvalue weighted by Crippen LogP contribution is -2.41. The van der Waals surface area contributed by atoms with E-state index in [1.54, 1.807) is 48.5 Å². The van der Waals surface area contributed by atoms with E-state index in [0.29, 0.717) is 24.4 Å². The molecule has 6 nitrogen and oxygen atoms in total. The number of rotatable bonds is 9. The molecule has 7 heteroatoms. The number of hydrogen-bond donors (Lipinski definition) is 1. The Hall–Kier alpha value is -3.32. The van der Waals surface area contributed by atoms with Crippen LogP contribution in [0.2, 0.25) is 0 Å². The summed E-state index contributed by atoms with van der Waals surface area (Å²) in [4.78, 5) is 12.8. The molecule has 0 aliphatic heterocycles. The van der Waals surface area contributed by atoms with E-state index >= 15 is 0 Å². The Kier molecular flexibility index (Phi) is 7.31. The third kappa shape index (κ3) is 5.64. The standard InChI is InChI=1S/C24H26N2O4S/c1-19-12-14-21(15-13-19)31(28,29)26(22-10-6-7-11-23(22)30-2)18-24(27)25-17-16-20-8-4-3-5-9-20/h3-15H,16-18H2,1-2H3,(H,25,27). The van der Waals surface area contributed by atoms with Gasteiger partial charge in [0, 0.05) is 6.54 Å². The molecular formula is C24H26N2O4S. The van der Waals surface area contributed by atoms with Crippen LogP contribution in [-0.2, 0) is 21.2 Å². The van der Waals surface area contributed by atoms with Crippen LogP contribution < -0.4 is 14.4 Å². The highest BCUT2D eigenvalue weighted by Gasteiger charge is 2.29. The SMILES string of the molecule is COc1ccccc1N(CC(=O)NCCc1ccccc1)S(=O)(=O)c1ccc(C)cc1. The van der Waals surface area contributed by atoms with Crippen molar-refractivity contribution in [3.05, 3.63) is 90.0 Å². The minimum Gasteiger partial charge on any atom is -0.495 e. The van der Waals surface area contributed by atoms with Crippen molar-refractivity contribution >= 4 is 21.6 Å². The van der Waals surface area contributed by atoms with Gasteiger partial charge in [-0.3, -0.25) is 9.10 Å². The lowest BCUT2D eigenvalue weighted by molar-refractivity contribution is -0.119. The fraction of sp³-hybridized carbons (Fsp3) is 0.208. The number of carbonyl (C=O) groups is 1. The van der Waals surface area contributed by atoms with E-state index in [1.165, 1.54) is 7.11 Å². The van der Waals surface area contributed by atoms with E-state index in [1.807, 2.05) is 37.3 Å². The lowest BCUT2D eigenvalue weighted by atomic mass is 10.1. The first-order chi connectivity index (χ1) is 14.9. The maximum Gasteiger partial charge on any atom is 0.264 e. The molecule has 0 unspecified atom stereocenters. The maximum absolute atomic E-state index is 13.4. The van der Waals surface area contributed by atoms with Crippen LogP contribution in [0.3, 0.4) is 0 Å². The predicted molar refractivity (Wildman–Crippen MR) is 122 cm³/mol. The largest absolute Gasteiger partial charge is 0.495 e. The van der Waals surface area contributed by atoms with Crippen molar-refractivity contribution in [3.63, 3.8) is 0 Å². The van der Waals surface area contributed by atoms with Crippen molar-refractivity contribution in [2.75, 3.05) is 24.5 Å². The van der Waals surface area contributed by atoms with Crippen LogP contribution in [-0.4, -0.2) is 34.5 Å². The fourth-order valence-corrected chi connectivity index (χ4v) is 4.58. The third-order valence-corrected chi connectivity index (χ3v) is 6.60. The van der Waals surface area contributed by atoms with Crippen LogP contribution in [0, 0.1) is 6.92 Å². The first-order valence-corrected chi connectivity index (χ1v) is 11.4. The molecule has 0 fully saturated rings. The van der Waals surface area contributed by atoms with Gasteiger partial charge in [-0.1, -0.05) is 60.2 Å². The number of nitrogens with zero attached hydrogens (tertiary/aromatic N) is 1. The van der Waals surface area contributed by atoms with Crippen molar-refractivity contribution in [1.82, 2.24) is 5.32 Å². The molecular weight excluding hydrogens is 412 g/mol. The minimum absolute atomic E-state index is 0.112. The maximum atomic E-state index is 13.4. The molecule has 0 radical (unpaired) electrons. The normalized spacial score (nSPS) is 11.0. The van der Waals surface area contributed by atoms with Crippen LogP contribution in [0.5, 0.6) is 5.75 Å². The summed E-state index contributed by atoms with van der Waals surface area (Å²) in [5, 5.41) is 2.82. The van der Waals surface area contributed by atoms with Crippen molar-refractivity contribution in [1.29, 1.82) is 0 Å². The summed E-state index contributed by atoms with van der Waals surface area (Å²) >= 11 is 0. The summed E-state index contributed by atoms with van der Waals surface area (Å²) in [6.07, 6.45) is 0.659. The summed E-state index contributed by atoms with van der Waals surface area (Å²) in [7, 11) is -2.52.